The number of benzene rings is 1. The first-order valence-electron chi connectivity index (χ1n) is 7.76. The van der Waals surface area contributed by atoms with Gasteiger partial charge < -0.3 is 14.3 Å². The summed E-state index contributed by atoms with van der Waals surface area (Å²) in [6, 6.07) is 8.71. The lowest BCUT2D eigenvalue weighted by Crippen LogP contribution is -2.28. The van der Waals surface area contributed by atoms with E-state index in [1.165, 1.54) is 11.8 Å². The van der Waals surface area contributed by atoms with Crippen molar-refractivity contribution < 1.29 is 9.21 Å². The van der Waals surface area contributed by atoms with E-state index in [0.717, 1.165) is 5.56 Å². The zero-order valence-corrected chi connectivity index (χ0v) is 16.4. The minimum Gasteiger partial charge on any atom is -0.461 e. The van der Waals surface area contributed by atoms with Gasteiger partial charge in [0.15, 0.2) is 16.7 Å². The zero-order chi connectivity index (χ0) is 18.7. The van der Waals surface area contributed by atoms with Crippen molar-refractivity contribution in [2.45, 2.75) is 18.1 Å². The topological polar surface area (TPSA) is 73.0 Å². The maximum Gasteiger partial charge on any atom is 0.230 e. The van der Waals surface area contributed by atoms with Crippen LogP contribution in [0.2, 0.25) is 10.0 Å². The summed E-state index contributed by atoms with van der Waals surface area (Å²) in [5.74, 6) is 1.35. The maximum absolute atomic E-state index is 12.2. The van der Waals surface area contributed by atoms with Crippen molar-refractivity contribution in [1.82, 2.24) is 20.1 Å². The molecular formula is C17H16Cl2N4O2S. The van der Waals surface area contributed by atoms with Crippen molar-refractivity contribution in [2.75, 3.05) is 5.75 Å². The van der Waals surface area contributed by atoms with Gasteiger partial charge in [-0.15, -0.1) is 10.2 Å². The Bertz CT molecular complexity index is 912. The summed E-state index contributed by atoms with van der Waals surface area (Å²) in [5.41, 5.74) is 0.886. The SMILES string of the molecule is CC(NC(=O)CSc1nnc(-c2ccco2)n1C)c1ccc(Cl)c(Cl)c1. The number of amides is 1. The average Bonchev–Trinajstić information content (AvgIpc) is 3.25. The number of thioether (sulfide) groups is 1. The van der Waals surface area contributed by atoms with Gasteiger partial charge in [0.25, 0.3) is 0 Å². The van der Waals surface area contributed by atoms with Crippen LogP contribution >= 0.6 is 35.0 Å². The Kier molecular flexibility index (Phi) is 5.90. The van der Waals surface area contributed by atoms with Gasteiger partial charge in [-0.05, 0) is 36.8 Å². The first kappa shape index (κ1) is 18.8. The van der Waals surface area contributed by atoms with E-state index in [9.17, 15) is 4.79 Å². The largest absolute Gasteiger partial charge is 0.461 e. The summed E-state index contributed by atoms with van der Waals surface area (Å²) in [5, 5.41) is 12.7. The van der Waals surface area contributed by atoms with Crippen LogP contribution in [0.15, 0.2) is 46.2 Å². The van der Waals surface area contributed by atoms with Crippen LogP contribution in [0.4, 0.5) is 0 Å². The summed E-state index contributed by atoms with van der Waals surface area (Å²) in [7, 11) is 1.83. The van der Waals surface area contributed by atoms with Crippen LogP contribution in [0.25, 0.3) is 11.6 Å². The van der Waals surface area contributed by atoms with E-state index < -0.39 is 0 Å². The lowest BCUT2D eigenvalue weighted by atomic mass is 10.1. The summed E-state index contributed by atoms with van der Waals surface area (Å²) in [6.07, 6.45) is 1.58. The third-order valence-electron chi connectivity index (χ3n) is 3.73. The monoisotopic (exact) mass is 410 g/mol. The van der Waals surface area contributed by atoms with E-state index in [2.05, 4.69) is 15.5 Å². The molecule has 0 aliphatic heterocycles. The van der Waals surface area contributed by atoms with Crippen LogP contribution in [-0.4, -0.2) is 26.4 Å². The Morgan fingerprint density at radius 3 is 2.81 bits per heavy atom. The molecule has 1 aromatic carbocycles. The highest BCUT2D eigenvalue weighted by Gasteiger charge is 2.16. The van der Waals surface area contributed by atoms with Crippen molar-refractivity contribution in [2.24, 2.45) is 7.05 Å². The third kappa shape index (κ3) is 4.23. The highest BCUT2D eigenvalue weighted by molar-refractivity contribution is 7.99. The van der Waals surface area contributed by atoms with Crippen LogP contribution in [0.5, 0.6) is 0 Å². The van der Waals surface area contributed by atoms with E-state index in [1.807, 2.05) is 26.1 Å². The third-order valence-corrected chi connectivity index (χ3v) is 5.49. The average molecular weight is 411 g/mol. The molecule has 1 N–H and O–H groups in total. The fourth-order valence-corrected chi connectivity index (χ4v) is 3.37. The predicted molar refractivity (Wildman–Crippen MR) is 102 cm³/mol. The van der Waals surface area contributed by atoms with Crippen LogP contribution in [-0.2, 0) is 11.8 Å². The van der Waals surface area contributed by atoms with Crippen molar-refractivity contribution in [3.8, 4) is 11.6 Å². The molecule has 0 saturated carbocycles. The summed E-state index contributed by atoms with van der Waals surface area (Å²) >= 11 is 13.2. The van der Waals surface area contributed by atoms with E-state index in [-0.39, 0.29) is 17.7 Å². The standard InChI is InChI=1S/C17H16Cl2N4O2S/c1-10(11-5-6-12(18)13(19)8-11)20-15(24)9-26-17-22-21-16(23(17)2)14-4-3-7-25-14/h3-8,10H,9H2,1-2H3,(H,20,24). The molecule has 0 saturated heterocycles. The lowest BCUT2D eigenvalue weighted by Gasteiger charge is -2.14. The summed E-state index contributed by atoms with van der Waals surface area (Å²) in [6.45, 7) is 1.89. The molecular weight excluding hydrogens is 395 g/mol. The molecule has 0 fully saturated rings. The highest BCUT2D eigenvalue weighted by atomic mass is 35.5. The minimum atomic E-state index is -0.184. The number of halogens is 2. The van der Waals surface area contributed by atoms with E-state index >= 15 is 0 Å². The quantitative estimate of drug-likeness (QED) is 0.611. The molecule has 9 heteroatoms. The number of furan rings is 1. The van der Waals surface area contributed by atoms with Gasteiger partial charge in [0.2, 0.25) is 5.91 Å². The number of carbonyl (C=O) groups excluding carboxylic acids is 1. The Labute approximate surface area is 164 Å². The molecule has 0 aliphatic carbocycles. The van der Waals surface area contributed by atoms with Crippen molar-refractivity contribution in [3.63, 3.8) is 0 Å². The molecule has 6 nitrogen and oxygen atoms in total. The molecule has 1 unspecified atom stereocenters. The molecule has 3 aromatic rings. The van der Waals surface area contributed by atoms with Gasteiger partial charge in [0.05, 0.1) is 28.1 Å². The molecule has 0 bridgehead atoms. The van der Waals surface area contributed by atoms with Crippen LogP contribution in [0.1, 0.15) is 18.5 Å². The molecule has 2 aromatic heterocycles. The molecule has 0 aliphatic rings. The Balaban J connectivity index is 1.58. The molecule has 0 spiro atoms. The maximum atomic E-state index is 12.2. The van der Waals surface area contributed by atoms with E-state index in [0.29, 0.717) is 26.8 Å². The van der Waals surface area contributed by atoms with Gasteiger partial charge in [-0.1, -0.05) is 41.0 Å². The number of carbonyl (C=O) groups is 1. The molecule has 26 heavy (non-hydrogen) atoms. The van der Waals surface area contributed by atoms with Gasteiger partial charge in [0, 0.05) is 7.05 Å². The summed E-state index contributed by atoms with van der Waals surface area (Å²) < 4.78 is 7.12. The lowest BCUT2D eigenvalue weighted by molar-refractivity contribution is -0.119. The second-order valence-corrected chi connectivity index (χ2v) is 7.35. The second kappa shape index (κ2) is 8.16. The Morgan fingerprint density at radius 1 is 1.31 bits per heavy atom. The number of aromatic nitrogens is 3. The fourth-order valence-electron chi connectivity index (χ4n) is 2.34. The molecule has 3 rings (SSSR count). The van der Waals surface area contributed by atoms with Crippen LogP contribution < -0.4 is 5.32 Å². The Hall–Kier alpha value is -1.96. The number of nitrogens with zero attached hydrogens (tertiary/aromatic N) is 3. The summed E-state index contributed by atoms with van der Waals surface area (Å²) in [4.78, 5) is 12.2. The van der Waals surface area contributed by atoms with Gasteiger partial charge in [0.1, 0.15) is 0 Å². The number of rotatable bonds is 6. The van der Waals surface area contributed by atoms with Gasteiger partial charge >= 0.3 is 0 Å². The van der Waals surface area contributed by atoms with E-state index in [1.54, 1.807) is 29.0 Å². The van der Waals surface area contributed by atoms with Crippen LogP contribution in [0, 0.1) is 0 Å². The number of hydrogen-bond donors (Lipinski definition) is 1. The second-order valence-electron chi connectivity index (χ2n) is 5.59. The minimum absolute atomic E-state index is 0.115. The molecule has 1 atom stereocenters. The molecule has 136 valence electrons. The molecule has 2 heterocycles. The number of hydrogen-bond acceptors (Lipinski definition) is 5. The van der Waals surface area contributed by atoms with Gasteiger partial charge in [-0.2, -0.15) is 0 Å². The zero-order valence-electron chi connectivity index (χ0n) is 14.1. The van der Waals surface area contributed by atoms with Crippen molar-refractivity contribution in [1.29, 1.82) is 0 Å². The molecule has 0 radical (unpaired) electrons. The van der Waals surface area contributed by atoms with Gasteiger partial charge in [-0.25, -0.2) is 0 Å². The van der Waals surface area contributed by atoms with E-state index in [4.69, 9.17) is 27.6 Å². The normalized spacial score (nSPS) is 12.2. The fraction of sp³-hybridized carbons (Fsp3) is 0.235. The van der Waals surface area contributed by atoms with Crippen molar-refractivity contribution in [3.05, 3.63) is 52.2 Å². The highest BCUT2D eigenvalue weighted by Crippen LogP contribution is 2.26. The van der Waals surface area contributed by atoms with Crippen LogP contribution in [0.3, 0.4) is 0 Å². The molecule has 1 amide bonds. The predicted octanol–water partition coefficient (Wildman–Crippen LogP) is 4.35. The first-order valence-corrected chi connectivity index (χ1v) is 9.50. The van der Waals surface area contributed by atoms with Crippen molar-refractivity contribution >= 4 is 40.9 Å². The van der Waals surface area contributed by atoms with Gasteiger partial charge in [-0.3, -0.25) is 4.79 Å². The first-order chi connectivity index (χ1) is 12.5. The Morgan fingerprint density at radius 2 is 2.12 bits per heavy atom. The smallest absolute Gasteiger partial charge is 0.230 e. The number of nitrogens with one attached hydrogen (secondary N) is 1.